The maximum atomic E-state index is 12.5. The number of hydrogen-bond acceptors (Lipinski definition) is 12. The lowest BCUT2D eigenvalue weighted by molar-refractivity contribution is -0.333. The zero-order chi connectivity index (χ0) is 41.4. The van der Waals surface area contributed by atoms with Crippen LogP contribution < -0.4 is 0 Å². The normalized spacial score (nSPS) is 44.3. The lowest BCUT2D eigenvalue weighted by atomic mass is 9.37. The molecule has 12 heteroatoms. The lowest BCUT2D eigenvalue weighted by Crippen LogP contribution is -2.65. The molecule has 6 rings (SSSR count). The molecule has 1 N–H and O–H groups in total. The number of carbonyl (C=O) groups excluding carboxylic acids is 4. The van der Waals surface area contributed by atoms with Gasteiger partial charge in [-0.1, -0.05) is 46.3 Å². The number of carbonyl (C=O) groups is 4. The van der Waals surface area contributed by atoms with Crippen molar-refractivity contribution in [2.24, 2.45) is 39.4 Å². The number of esters is 4. The van der Waals surface area contributed by atoms with Crippen molar-refractivity contribution in [3.05, 3.63) is 11.6 Å². The summed E-state index contributed by atoms with van der Waals surface area (Å²) < 4.78 is 42.4. The second-order valence-corrected chi connectivity index (χ2v) is 20.0. The van der Waals surface area contributed by atoms with Crippen molar-refractivity contribution in [3.8, 4) is 0 Å². The Morgan fingerprint density at radius 2 is 1.39 bits per heavy atom. The first-order valence-corrected chi connectivity index (χ1v) is 20.9. The molecule has 12 nitrogen and oxygen atoms in total. The zero-order valence-electron chi connectivity index (χ0n) is 35.9. The van der Waals surface area contributed by atoms with Crippen molar-refractivity contribution in [2.45, 2.75) is 195 Å². The van der Waals surface area contributed by atoms with Crippen LogP contribution in [-0.2, 0) is 52.3 Å². The van der Waals surface area contributed by atoms with Gasteiger partial charge in [0.1, 0.15) is 12.7 Å². The SMILES string of the molecule is CC(=O)OC[C@H]1O[C@@H](O[C@H]2CC[C@]3(C)[C@H]4CC=C5[C@@H]([C@]6(C)CC[C@H](C(C)(C)O)O6)CC[C@@]5(C)[C@]4(C)CC[C@H]3C2(C)C)[C@H](OC(C)=O)[C@@H](OC(C)=O)[C@@H]1OC(C)=O. The molecule has 2 aliphatic heterocycles. The third kappa shape index (κ3) is 7.36. The van der Waals surface area contributed by atoms with Crippen LogP contribution in [0, 0.1) is 39.4 Å². The first-order valence-electron chi connectivity index (χ1n) is 20.9. The van der Waals surface area contributed by atoms with Crippen LogP contribution in [0.15, 0.2) is 11.6 Å². The highest BCUT2D eigenvalue weighted by Crippen LogP contribution is 2.75. The number of fused-ring (bicyclic) bond motifs is 5. The summed E-state index contributed by atoms with van der Waals surface area (Å²) in [4.78, 5) is 49.1. The highest BCUT2D eigenvalue weighted by Gasteiger charge is 2.69. The van der Waals surface area contributed by atoms with E-state index >= 15 is 0 Å². The quantitative estimate of drug-likeness (QED) is 0.114. The predicted molar refractivity (Wildman–Crippen MR) is 205 cm³/mol. The van der Waals surface area contributed by atoms with Crippen molar-refractivity contribution in [3.63, 3.8) is 0 Å². The fourth-order valence-electron chi connectivity index (χ4n) is 13.0. The molecular formula is C44H68O12. The van der Waals surface area contributed by atoms with Gasteiger partial charge in [-0.05, 0) is 112 Å². The molecule has 316 valence electrons. The van der Waals surface area contributed by atoms with E-state index in [4.69, 9.17) is 33.2 Å². The third-order valence-corrected chi connectivity index (χ3v) is 15.9. The Morgan fingerprint density at radius 1 is 0.768 bits per heavy atom. The molecule has 0 unspecified atom stereocenters. The summed E-state index contributed by atoms with van der Waals surface area (Å²) in [5, 5.41) is 10.8. The number of aliphatic hydroxyl groups is 1. The van der Waals surface area contributed by atoms with Crippen LogP contribution in [-0.4, -0.2) is 89.7 Å². The molecule has 0 radical (unpaired) electrons. The summed E-state index contributed by atoms with van der Waals surface area (Å²) in [7, 11) is 0. The maximum absolute atomic E-state index is 12.5. The van der Waals surface area contributed by atoms with Crippen LogP contribution >= 0.6 is 0 Å². The molecule has 2 saturated heterocycles. The minimum atomic E-state index is -1.27. The highest BCUT2D eigenvalue weighted by molar-refractivity contribution is 5.68. The standard InChI is InChI=1S/C44H68O12/c1-24(45)50-23-30-35(51-25(2)46)36(52-26(3)47)37(53-27(4)48)38(54-30)55-33-17-19-41(9)31(39(33,5)6)16-21-43(11)32(41)14-13-28-29(15-20-42(28,43)10)44(12)22-18-34(56-44)40(7,8)49/h13,29-38,49H,14-23H2,1-12H3/t29-,30+,31-,32+,33-,34+,35+,36-,37+,38-,41-,42+,43+,44-/m0/s1. The van der Waals surface area contributed by atoms with Gasteiger partial charge in [-0.25, -0.2) is 0 Å². The highest BCUT2D eigenvalue weighted by atomic mass is 16.7. The number of hydrogen-bond donors (Lipinski definition) is 1. The molecule has 4 aliphatic carbocycles. The van der Waals surface area contributed by atoms with Crippen molar-refractivity contribution >= 4 is 23.9 Å². The molecule has 0 amide bonds. The molecule has 0 aromatic rings. The Labute approximate surface area is 333 Å². The summed E-state index contributed by atoms with van der Waals surface area (Å²) in [6.07, 6.45) is 4.88. The Bertz CT molecular complexity index is 1580. The van der Waals surface area contributed by atoms with Gasteiger partial charge in [-0.15, -0.1) is 0 Å². The summed E-state index contributed by atoms with van der Waals surface area (Å²) in [6, 6.07) is 0. The van der Waals surface area contributed by atoms with Gasteiger partial charge in [0, 0.05) is 33.6 Å². The zero-order valence-corrected chi connectivity index (χ0v) is 35.9. The van der Waals surface area contributed by atoms with Gasteiger partial charge in [0.25, 0.3) is 0 Å². The molecule has 14 atom stereocenters. The molecule has 0 aromatic carbocycles. The monoisotopic (exact) mass is 788 g/mol. The van der Waals surface area contributed by atoms with Gasteiger partial charge < -0.3 is 38.3 Å². The summed E-state index contributed by atoms with van der Waals surface area (Å²) in [5.41, 5.74) is 0.216. The number of ether oxygens (including phenoxy) is 7. The lowest BCUT2D eigenvalue weighted by Gasteiger charge is -2.68. The van der Waals surface area contributed by atoms with Crippen molar-refractivity contribution < 1.29 is 57.4 Å². The second kappa shape index (κ2) is 14.9. The Morgan fingerprint density at radius 3 is 1.98 bits per heavy atom. The van der Waals surface area contributed by atoms with E-state index in [1.165, 1.54) is 27.7 Å². The predicted octanol–water partition coefficient (Wildman–Crippen LogP) is 6.77. The maximum Gasteiger partial charge on any atom is 0.303 e. The average molecular weight is 789 g/mol. The Hall–Kier alpha value is -2.54. The molecule has 6 aliphatic rings. The number of allylic oxidation sites excluding steroid dienone is 1. The summed E-state index contributed by atoms with van der Waals surface area (Å²) in [6.45, 7) is 22.7. The van der Waals surface area contributed by atoms with Crippen LogP contribution in [0.3, 0.4) is 0 Å². The first kappa shape index (κ1) is 43.0. The largest absolute Gasteiger partial charge is 0.463 e. The smallest absolute Gasteiger partial charge is 0.303 e. The van der Waals surface area contributed by atoms with Crippen molar-refractivity contribution in [1.82, 2.24) is 0 Å². The van der Waals surface area contributed by atoms with E-state index in [2.05, 4.69) is 47.6 Å². The number of rotatable bonds is 9. The molecule has 0 bridgehead atoms. The van der Waals surface area contributed by atoms with E-state index in [1.807, 2.05) is 13.8 Å². The molecule has 3 saturated carbocycles. The van der Waals surface area contributed by atoms with Gasteiger partial charge in [-0.3, -0.25) is 19.2 Å². The fourth-order valence-corrected chi connectivity index (χ4v) is 13.0. The molecule has 0 aromatic heterocycles. The fraction of sp³-hybridized carbons (Fsp3) is 0.864. The molecular weight excluding hydrogens is 720 g/mol. The van der Waals surface area contributed by atoms with Gasteiger partial charge >= 0.3 is 23.9 Å². The minimum absolute atomic E-state index is 0.0144. The van der Waals surface area contributed by atoms with E-state index in [0.29, 0.717) is 17.8 Å². The van der Waals surface area contributed by atoms with E-state index in [1.54, 1.807) is 5.57 Å². The van der Waals surface area contributed by atoms with Gasteiger partial charge in [0.05, 0.1) is 23.4 Å². The van der Waals surface area contributed by atoms with Crippen LogP contribution in [0.2, 0.25) is 0 Å². The van der Waals surface area contributed by atoms with Gasteiger partial charge in [0.15, 0.2) is 24.6 Å². The van der Waals surface area contributed by atoms with Crippen LogP contribution in [0.4, 0.5) is 0 Å². The molecule has 56 heavy (non-hydrogen) atoms. The van der Waals surface area contributed by atoms with Crippen molar-refractivity contribution in [2.75, 3.05) is 6.61 Å². The van der Waals surface area contributed by atoms with Gasteiger partial charge in [-0.2, -0.15) is 0 Å². The average Bonchev–Trinajstić information content (AvgIpc) is 3.65. The first-order chi connectivity index (χ1) is 25.9. The van der Waals surface area contributed by atoms with E-state index in [9.17, 15) is 24.3 Å². The van der Waals surface area contributed by atoms with Crippen LogP contribution in [0.25, 0.3) is 0 Å². The molecule has 5 fully saturated rings. The molecule has 0 spiro atoms. The van der Waals surface area contributed by atoms with Crippen LogP contribution in [0.1, 0.15) is 141 Å². The van der Waals surface area contributed by atoms with E-state index in [0.717, 1.165) is 57.8 Å². The van der Waals surface area contributed by atoms with E-state index < -0.39 is 60.2 Å². The summed E-state index contributed by atoms with van der Waals surface area (Å²) >= 11 is 0. The van der Waals surface area contributed by atoms with E-state index in [-0.39, 0.29) is 46.1 Å². The third-order valence-electron chi connectivity index (χ3n) is 15.9. The molecule has 2 heterocycles. The Kier molecular flexibility index (Phi) is 11.5. The Balaban J connectivity index is 1.27. The topological polar surface area (TPSA) is 153 Å². The van der Waals surface area contributed by atoms with Gasteiger partial charge in [0.2, 0.25) is 0 Å². The second-order valence-electron chi connectivity index (χ2n) is 20.0. The summed E-state index contributed by atoms with van der Waals surface area (Å²) in [5.74, 6) is -1.47. The minimum Gasteiger partial charge on any atom is -0.463 e. The van der Waals surface area contributed by atoms with Crippen LogP contribution in [0.5, 0.6) is 0 Å². The van der Waals surface area contributed by atoms with Crippen molar-refractivity contribution in [1.29, 1.82) is 0 Å².